The van der Waals surface area contributed by atoms with Crippen LogP contribution in [0.15, 0.2) is 70.2 Å². The van der Waals surface area contributed by atoms with Crippen LogP contribution in [-0.2, 0) is 9.59 Å². The maximum absolute atomic E-state index is 13.6. The number of nitrogens with zero attached hydrogens (tertiary/aromatic N) is 2. The Kier molecular flexibility index (Phi) is 3.91. The van der Waals surface area contributed by atoms with Crippen LogP contribution in [0.5, 0.6) is 11.5 Å². The van der Waals surface area contributed by atoms with E-state index in [-0.39, 0.29) is 30.4 Å². The standard InChI is InChI=1S/C26H17BrN2O4/c27-18-10-20-19(32-12-33-20)9-13(18)11-28-29-25(30)23-21-14-5-1-2-6-15(14)22(24(23)26(29)31)17-8-4-3-7-16(17)21/h1-11,21-24H,12H2/b28-11-/t21?,22?,23-,24-/m1/s1. The Balaban J connectivity index is 1.30. The third-order valence-corrected chi connectivity index (χ3v) is 7.92. The Bertz CT molecular complexity index is 1290. The van der Waals surface area contributed by atoms with E-state index >= 15 is 0 Å². The minimum Gasteiger partial charge on any atom is -0.454 e. The molecule has 8 rings (SSSR count). The third kappa shape index (κ3) is 2.51. The largest absolute Gasteiger partial charge is 0.454 e. The minimum atomic E-state index is -0.440. The van der Waals surface area contributed by atoms with Gasteiger partial charge in [-0.2, -0.15) is 10.1 Å². The Morgan fingerprint density at radius 3 is 1.82 bits per heavy atom. The Labute approximate surface area is 197 Å². The highest BCUT2D eigenvalue weighted by Crippen LogP contribution is 2.61. The molecule has 0 saturated carbocycles. The molecule has 162 valence electrons. The summed E-state index contributed by atoms with van der Waals surface area (Å²) in [6, 6.07) is 20.0. The molecule has 7 heteroatoms. The van der Waals surface area contributed by atoms with Gasteiger partial charge in [0, 0.05) is 21.9 Å². The number of hydrogen-bond acceptors (Lipinski definition) is 5. The van der Waals surface area contributed by atoms with Crippen molar-refractivity contribution in [2.24, 2.45) is 16.9 Å². The van der Waals surface area contributed by atoms with Crippen LogP contribution >= 0.6 is 15.9 Å². The zero-order chi connectivity index (χ0) is 22.3. The van der Waals surface area contributed by atoms with Crippen molar-refractivity contribution in [2.75, 3.05) is 6.79 Å². The molecule has 0 N–H and O–H groups in total. The van der Waals surface area contributed by atoms with Gasteiger partial charge in [-0.25, -0.2) is 0 Å². The number of fused-ring (bicyclic) bond motifs is 1. The van der Waals surface area contributed by atoms with Crippen molar-refractivity contribution >= 4 is 34.0 Å². The first-order valence-electron chi connectivity index (χ1n) is 10.8. The SMILES string of the molecule is O=C1[C@@H]2C3c4ccccc4C(c4ccccc43)[C@H]2C(=O)N1/N=C\c1cc2c(cc1Br)OCO2. The van der Waals surface area contributed by atoms with Gasteiger partial charge in [0.2, 0.25) is 6.79 Å². The fourth-order valence-electron chi connectivity index (χ4n) is 5.93. The van der Waals surface area contributed by atoms with Crippen molar-refractivity contribution in [1.29, 1.82) is 0 Å². The zero-order valence-corrected chi connectivity index (χ0v) is 18.9. The first-order chi connectivity index (χ1) is 16.1. The summed E-state index contributed by atoms with van der Waals surface area (Å²) >= 11 is 3.50. The van der Waals surface area contributed by atoms with Gasteiger partial charge in [-0.05, 0) is 50.3 Å². The molecule has 1 fully saturated rings. The summed E-state index contributed by atoms with van der Waals surface area (Å²) in [5.74, 6) is -0.381. The van der Waals surface area contributed by atoms with E-state index in [1.54, 1.807) is 12.1 Å². The van der Waals surface area contributed by atoms with Gasteiger partial charge in [0.1, 0.15) is 0 Å². The van der Waals surface area contributed by atoms with Gasteiger partial charge >= 0.3 is 0 Å². The first-order valence-corrected chi connectivity index (χ1v) is 11.6. The molecule has 2 aliphatic heterocycles. The van der Waals surface area contributed by atoms with E-state index in [0.29, 0.717) is 17.1 Å². The van der Waals surface area contributed by atoms with Crippen LogP contribution in [0, 0.1) is 11.8 Å². The van der Waals surface area contributed by atoms with Gasteiger partial charge in [-0.3, -0.25) is 9.59 Å². The van der Waals surface area contributed by atoms with Crippen molar-refractivity contribution in [3.63, 3.8) is 0 Å². The summed E-state index contributed by atoms with van der Waals surface area (Å²) in [5, 5.41) is 5.44. The molecule has 3 aromatic rings. The summed E-state index contributed by atoms with van der Waals surface area (Å²) in [5.41, 5.74) is 5.28. The second-order valence-corrected chi connectivity index (χ2v) is 9.58. The van der Waals surface area contributed by atoms with Gasteiger partial charge in [0.25, 0.3) is 11.8 Å². The average Bonchev–Trinajstić information content (AvgIpc) is 3.39. The summed E-state index contributed by atoms with van der Waals surface area (Å²) in [4.78, 5) is 27.2. The molecule has 6 nitrogen and oxygen atoms in total. The smallest absolute Gasteiger partial charge is 0.254 e. The second-order valence-electron chi connectivity index (χ2n) is 8.72. The average molecular weight is 501 g/mol. The number of halogens is 1. The summed E-state index contributed by atoms with van der Waals surface area (Å²) in [6.45, 7) is 0.165. The molecule has 2 amide bonds. The lowest BCUT2D eigenvalue weighted by Crippen LogP contribution is -2.41. The number of carbonyl (C=O) groups is 2. The predicted octanol–water partition coefficient (Wildman–Crippen LogP) is 4.40. The van der Waals surface area contributed by atoms with Crippen molar-refractivity contribution in [2.45, 2.75) is 11.8 Å². The first kappa shape index (κ1) is 19.1. The van der Waals surface area contributed by atoms with Crippen LogP contribution in [-0.4, -0.2) is 29.8 Å². The van der Waals surface area contributed by atoms with Gasteiger partial charge in [0.15, 0.2) is 11.5 Å². The molecule has 3 aliphatic carbocycles. The molecule has 0 radical (unpaired) electrons. The van der Waals surface area contributed by atoms with E-state index < -0.39 is 11.8 Å². The Morgan fingerprint density at radius 1 is 0.818 bits per heavy atom. The molecular weight excluding hydrogens is 484 g/mol. The van der Waals surface area contributed by atoms with Gasteiger partial charge in [0.05, 0.1) is 18.1 Å². The lowest BCUT2D eigenvalue weighted by Gasteiger charge is -2.45. The Morgan fingerprint density at radius 2 is 1.30 bits per heavy atom. The number of amides is 2. The van der Waals surface area contributed by atoms with Gasteiger partial charge < -0.3 is 9.47 Å². The third-order valence-electron chi connectivity index (χ3n) is 7.23. The predicted molar refractivity (Wildman–Crippen MR) is 123 cm³/mol. The topological polar surface area (TPSA) is 68.2 Å². The number of imide groups is 1. The molecule has 5 aliphatic rings. The molecule has 0 aromatic heterocycles. The highest BCUT2D eigenvalue weighted by Gasteiger charge is 2.61. The van der Waals surface area contributed by atoms with Crippen LogP contribution in [0.2, 0.25) is 0 Å². The number of benzene rings is 3. The van der Waals surface area contributed by atoms with Gasteiger partial charge in [-0.1, -0.05) is 48.5 Å². The fourth-order valence-corrected chi connectivity index (χ4v) is 6.35. The highest BCUT2D eigenvalue weighted by atomic mass is 79.9. The van der Waals surface area contributed by atoms with Crippen LogP contribution in [0.25, 0.3) is 0 Å². The van der Waals surface area contributed by atoms with E-state index in [1.165, 1.54) is 6.21 Å². The number of rotatable bonds is 2. The van der Waals surface area contributed by atoms with E-state index in [0.717, 1.165) is 31.7 Å². The molecule has 3 aromatic carbocycles. The lowest BCUT2D eigenvalue weighted by molar-refractivity contribution is -0.139. The van der Waals surface area contributed by atoms with Crippen molar-refractivity contribution in [1.82, 2.24) is 5.01 Å². The summed E-state index contributed by atoms with van der Waals surface area (Å²) in [6.07, 6.45) is 1.53. The van der Waals surface area contributed by atoms with E-state index in [4.69, 9.17) is 9.47 Å². The van der Waals surface area contributed by atoms with Gasteiger partial charge in [-0.15, -0.1) is 0 Å². The molecule has 2 bridgehead atoms. The van der Waals surface area contributed by atoms with Crippen molar-refractivity contribution in [3.05, 3.63) is 93.0 Å². The van der Waals surface area contributed by atoms with Crippen LogP contribution in [0.1, 0.15) is 39.7 Å². The molecule has 0 spiro atoms. The van der Waals surface area contributed by atoms with E-state index in [2.05, 4.69) is 45.3 Å². The van der Waals surface area contributed by atoms with E-state index in [1.807, 2.05) is 24.3 Å². The quantitative estimate of drug-likeness (QED) is 0.386. The number of carbonyl (C=O) groups excluding carboxylic acids is 2. The molecule has 0 unspecified atom stereocenters. The molecule has 1 saturated heterocycles. The number of hydrogen-bond donors (Lipinski definition) is 0. The summed E-state index contributed by atoms with van der Waals surface area (Å²) in [7, 11) is 0. The molecule has 33 heavy (non-hydrogen) atoms. The lowest BCUT2D eigenvalue weighted by atomic mass is 9.55. The normalized spacial score (nSPS) is 26.0. The maximum Gasteiger partial charge on any atom is 0.254 e. The zero-order valence-electron chi connectivity index (χ0n) is 17.3. The van der Waals surface area contributed by atoms with Crippen LogP contribution in [0.3, 0.4) is 0 Å². The number of ether oxygens (including phenoxy) is 2. The van der Waals surface area contributed by atoms with Crippen molar-refractivity contribution in [3.8, 4) is 11.5 Å². The monoisotopic (exact) mass is 500 g/mol. The molecular formula is C26H17BrN2O4. The molecule has 2 heterocycles. The fraction of sp³-hybridized carbons (Fsp3) is 0.192. The van der Waals surface area contributed by atoms with Crippen molar-refractivity contribution < 1.29 is 19.1 Å². The highest BCUT2D eigenvalue weighted by molar-refractivity contribution is 9.10. The number of hydrazone groups is 1. The maximum atomic E-state index is 13.6. The second kappa shape index (κ2) is 6.78. The summed E-state index contributed by atoms with van der Waals surface area (Å²) < 4.78 is 11.6. The minimum absolute atomic E-state index is 0.138. The Hall–Kier alpha value is -3.45. The van der Waals surface area contributed by atoms with E-state index in [9.17, 15) is 9.59 Å². The van der Waals surface area contributed by atoms with Crippen LogP contribution in [0.4, 0.5) is 0 Å². The molecule has 2 atom stereocenters. The van der Waals surface area contributed by atoms with Crippen LogP contribution < -0.4 is 9.47 Å².